The number of halogens is 1. The quantitative estimate of drug-likeness (QED) is 0.485. The molecule has 4 nitrogen and oxygen atoms in total. The molecule has 24 heavy (non-hydrogen) atoms. The van der Waals surface area contributed by atoms with E-state index in [1.807, 2.05) is 20.8 Å². The Morgan fingerprint density at radius 3 is 2.38 bits per heavy atom. The zero-order chi connectivity index (χ0) is 18.4. The van der Waals surface area contributed by atoms with Crippen LogP contribution in [0.25, 0.3) is 0 Å². The largest absolute Gasteiger partial charge is 0.365 e. The number of rotatable bonds is 2. The van der Waals surface area contributed by atoms with Gasteiger partial charge in [0.25, 0.3) is 0 Å². The highest BCUT2D eigenvalue weighted by molar-refractivity contribution is 14.2. The Balaban J connectivity index is 0.00000139. The van der Waals surface area contributed by atoms with Gasteiger partial charge in [-0.2, -0.15) is 0 Å². The molecule has 0 amide bonds. The third-order valence-electron chi connectivity index (χ3n) is 3.63. The van der Waals surface area contributed by atoms with Crippen molar-refractivity contribution in [1.82, 2.24) is 15.3 Å². The lowest BCUT2D eigenvalue weighted by atomic mass is 9.79. The van der Waals surface area contributed by atoms with Crippen LogP contribution in [0, 0.1) is 18.1 Å². The van der Waals surface area contributed by atoms with Crippen LogP contribution in [-0.4, -0.2) is 27.1 Å². The van der Waals surface area contributed by atoms with E-state index in [-0.39, 0.29) is 11.1 Å². The average molecular weight is 460 g/mol. The molecule has 0 spiro atoms. The van der Waals surface area contributed by atoms with Gasteiger partial charge in [0.2, 0.25) is 0 Å². The predicted octanol–water partition coefficient (Wildman–Crippen LogP) is 4.92. The van der Waals surface area contributed by atoms with E-state index in [1.54, 1.807) is 6.20 Å². The zero-order valence-electron chi connectivity index (χ0n) is 15.7. The summed E-state index contributed by atoms with van der Waals surface area (Å²) in [6.45, 7) is 14.9. The summed E-state index contributed by atoms with van der Waals surface area (Å²) in [5.74, 6) is 3.88. The van der Waals surface area contributed by atoms with E-state index in [0.29, 0.717) is 6.04 Å². The number of nitrogens with zero attached hydrogens (tertiary/aromatic N) is 2. The van der Waals surface area contributed by atoms with Crippen LogP contribution in [0.15, 0.2) is 6.20 Å². The second-order valence-corrected chi connectivity index (χ2v) is 8.83. The lowest BCUT2D eigenvalue weighted by Crippen LogP contribution is -2.60. The molecule has 0 aromatic carbocycles. The van der Waals surface area contributed by atoms with Crippen LogP contribution in [0.1, 0.15) is 65.8 Å². The minimum atomic E-state index is 0.0987. The van der Waals surface area contributed by atoms with Crippen molar-refractivity contribution in [2.24, 2.45) is 0 Å². The number of aryl methyl sites for hydroxylation is 1. The van der Waals surface area contributed by atoms with Crippen LogP contribution >= 0.6 is 30.1 Å². The van der Waals surface area contributed by atoms with E-state index < -0.39 is 0 Å². The maximum Gasteiger partial charge on any atom is 0.161 e. The first kappa shape index (κ1) is 21.5. The highest BCUT2D eigenvalue weighted by atomic mass is 127. The van der Waals surface area contributed by atoms with Gasteiger partial charge in [0, 0.05) is 38.3 Å². The standard InChI is InChI=1S/C16H23IN4S.C2H6/c1-11-10-18-14(13(19-11)6-7-22-17)20-12-8-15(2,3)21-16(4,5)9-12;1-2/h10,12,21H,8-9H2,1-5H3,(H,18,20);1-2H3. The first-order valence-electron chi connectivity index (χ1n) is 8.39. The van der Waals surface area contributed by atoms with Crippen LogP contribution in [-0.2, 0) is 0 Å². The molecular weight excluding hydrogens is 431 g/mol. The van der Waals surface area contributed by atoms with Gasteiger partial charge >= 0.3 is 0 Å². The summed E-state index contributed by atoms with van der Waals surface area (Å²) < 4.78 is 0. The molecule has 0 aliphatic carbocycles. The van der Waals surface area contributed by atoms with Crippen LogP contribution < -0.4 is 10.6 Å². The maximum absolute atomic E-state index is 4.52. The van der Waals surface area contributed by atoms with E-state index in [1.165, 1.54) is 8.93 Å². The van der Waals surface area contributed by atoms with Crippen LogP contribution in [0.5, 0.6) is 0 Å². The van der Waals surface area contributed by atoms with Crippen molar-refractivity contribution in [3.8, 4) is 11.2 Å². The van der Waals surface area contributed by atoms with Crippen molar-refractivity contribution in [2.75, 3.05) is 5.32 Å². The van der Waals surface area contributed by atoms with Gasteiger partial charge in [0.05, 0.1) is 11.9 Å². The van der Waals surface area contributed by atoms with Crippen LogP contribution in [0.3, 0.4) is 0 Å². The molecule has 1 fully saturated rings. The van der Waals surface area contributed by atoms with Gasteiger partial charge in [0.15, 0.2) is 11.5 Å². The fourth-order valence-electron chi connectivity index (χ4n) is 3.36. The number of aromatic nitrogens is 2. The van der Waals surface area contributed by atoms with Gasteiger partial charge < -0.3 is 10.6 Å². The molecule has 0 bridgehead atoms. The van der Waals surface area contributed by atoms with Gasteiger partial charge in [-0.15, -0.1) is 0 Å². The Labute approximate surface area is 163 Å². The molecule has 2 rings (SSSR count). The monoisotopic (exact) mass is 460 g/mol. The number of hydrogen-bond donors (Lipinski definition) is 2. The molecule has 0 radical (unpaired) electrons. The molecule has 1 saturated heterocycles. The molecule has 134 valence electrons. The van der Waals surface area contributed by atoms with Gasteiger partial charge in [0.1, 0.15) is 0 Å². The van der Waals surface area contributed by atoms with E-state index in [2.05, 4.69) is 80.7 Å². The Kier molecular flexibility index (Phi) is 8.30. The van der Waals surface area contributed by atoms with Crippen molar-refractivity contribution in [1.29, 1.82) is 0 Å². The van der Waals surface area contributed by atoms with E-state index in [4.69, 9.17) is 0 Å². The first-order valence-corrected chi connectivity index (χ1v) is 11.7. The van der Waals surface area contributed by atoms with Gasteiger partial charge in [-0.1, -0.05) is 13.8 Å². The van der Waals surface area contributed by atoms with E-state index in [0.717, 1.165) is 30.0 Å². The summed E-state index contributed by atoms with van der Waals surface area (Å²) in [6.07, 6.45) is 3.88. The Hall–Kier alpha value is -0.520. The summed E-state index contributed by atoms with van der Waals surface area (Å²) in [5.41, 5.74) is 1.82. The second-order valence-electron chi connectivity index (χ2n) is 7.16. The molecule has 2 heterocycles. The lowest BCUT2D eigenvalue weighted by Gasteiger charge is -2.46. The minimum Gasteiger partial charge on any atom is -0.365 e. The van der Waals surface area contributed by atoms with Crippen molar-refractivity contribution in [3.63, 3.8) is 0 Å². The SMILES string of the molecule is CC.Cc1cnc(NC2CC(C)(C)NC(C)(C)C2)c(C#CSI)n1. The van der Waals surface area contributed by atoms with Crippen LogP contribution in [0.4, 0.5) is 5.82 Å². The predicted molar refractivity (Wildman–Crippen MR) is 115 cm³/mol. The normalized spacial score (nSPS) is 18.7. The Morgan fingerprint density at radius 1 is 1.25 bits per heavy atom. The third kappa shape index (κ3) is 6.77. The summed E-state index contributed by atoms with van der Waals surface area (Å²) in [7, 11) is 1.46. The van der Waals surface area contributed by atoms with Crippen molar-refractivity contribution < 1.29 is 0 Å². The topological polar surface area (TPSA) is 49.8 Å². The smallest absolute Gasteiger partial charge is 0.161 e. The highest BCUT2D eigenvalue weighted by Gasteiger charge is 2.37. The minimum absolute atomic E-state index is 0.0987. The number of nitrogens with one attached hydrogen (secondary N) is 2. The maximum atomic E-state index is 4.52. The van der Waals surface area contributed by atoms with Gasteiger partial charge in [-0.25, -0.2) is 9.97 Å². The molecule has 0 atom stereocenters. The Morgan fingerprint density at radius 2 is 1.83 bits per heavy atom. The summed E-state index contributed by atoms with van der Waals surface area (Å²) in [6, 6.07) is 0.357. The Bertz CT molecular complexity index is 589. The highest BCUT2D eigenvalue weighted by Crippen LogP contribution is 2.30. The zero-order valence-corrected chi connectivity index (χ0v) is 18.7. The average Bonchev–Trinajstić information content (AvgIpc) is 2.46. The van der Waals surface area contributed by atoms with Crippen molar-refractivity contribution in [3.05, 3.63) is 17.6 Å². The number of hydrogen-bond acceptors (Lipinski definition) is 5. The molecular formula is C18H29IN4S. The summed E-state index contributed by atoms with van der Waals surface area (Å²) in [5, 5.41) is 10.3. The van der Waals surface area contributed by atoms with Crippen molar-refractivity contribution >= 4 is 36.0 Å². The van der Waals surface area contributed by atoms with Crippen molar-refractivity contribution in [2.45, 2.75) is 78.4 Å². The van der Waals surface area contributed by atoms with Gasteiger partial charge in [-0.05, 0) is 67.6 Å². The van der Waals surface area contributed by atoms with E-state index in [9.17, 15) is 0 Å². The number of piperidine rings is 1. The molecule has 1 aliphatic rings. The third-order valence-corrected chi connectivity index (χ3v) is 4.47. The summed E-state index contributed by atoms with van der Waals surface area (Å²) in [4.78, 5) is 9.03. The fourth-order valence-corrected chi connectivity index (χ4v) is 3.82. The number of anilines is 1. The first-order chi connectivity index (χ1) is 11.2. The molecule has 1 aromatic rings. The summed E-state index contributed by atoms with van der Waals surface area (Å²) >= 11 is 2.17. The fraction of sp³-hybridized carbons (Fsp3) is 0.667. The van der Waals surface area contributed by atoms with Gasteiger partial charge in [-0.3, -0.25) is 0 Å². The molecule has 0 unspecified atom stereocenters. The molecule has 1 aromatic heterocycles. The molecule has 1 aliphatic heterocycles. The molecule has 6 heteroatoms. The van der Waals surface area contributed by atoms with E-state index >= 15 is 0 Å². The molecule has 0 saturated carbocycles. The molecule has 2 N–H and O–H groups in total. The van der Waals surface area contributed by atoms with Crippen LogP contribution in [0.2, 0.25) is 0 Å². The lowest BCUT2D eigenvalue weighted by molar-refractivity contribution is 0.170. The second kappa shape index (κ2) is 9.25.